The van der Waals surface area contributed by atoms with Gasteiger partial charge in [0.1, 0.15) is 5.82 Å². The highest BCUT2D eigenvalue weighted by Gasteiger charge is 2.50. The summed E-state index contributed by atoms with van der Waals surface area (Å²) >= 11 is 0. The summed E-state index contributed by atoms with van der Waals surface area (Å²) in [5.41, 5.74) is -0.619. The molecule has 0 spiro atoms. The van der Waals surface area contributed by atoms with Crippen molar-refractivity contribution in [1.82, 2.24) is 0 Å². The van der Waals surface area contributed by atoms with Gasteiger partial charge in [-0.05, 0) is 43.4 Å². The van der Waals surface area contributed by atoms with Crippen LogP contribution in [0.4, 0.5) is 4.39 Å². The molecule has 0 radical (unpaired) electrons. The summed E-state index contributed by atoms with van der Waals surface area (Å²) in [7, 11) is -3.15. The fourth-order valence-electron chi connectivity index (χ4n) is 3.80. The van der Waals surface area contributed by atoms with Gasteiger partial charge in [0.25, 0.3) is 0 Å². The number of fused-ring (bicyclic) bond motifs is 2. The molecular formula is C16H18FNO3S. The molecule has 1 aromatic carbocycles. The molecule has 2 atom stereocenters. The van der Waals surface area contributed by atoms with E-state index < -0.39 is 31.8 Å². The second-order valence-corrected chi connectivity index (χ2v) is 9.00. The molecule has 2 bridgehead atoms. The topological polar surface area (TPSA) is 78.2 Å². The average molecular weight is 323 g/mol. The molecule has 2 aliphatic rings. The predicted octanol–water partition coefficient (Wildman–Crippen LogP) is 2.10. The highest BCUT2D eigenvalue weighted by atomic mass is 32.2. The summed E-state index contributed by atoms with van der Waals surface area (Å²) in [6.45, 7) is 0. The van der Waals surface area contributed by atoms with E-state index in [1.807, 2.05) is 6.07 Å². The van der Waals surface area contributed by atoms with Crippen LogP contribution in [0.25, 0.3) is 0 Å². The zero-order valence-electron chi connectivity index (χ0n) is 12.1. The van der Waals surface area contributed by atoms with Gasteiger partial charge in [0.15, 0.2) is 9.84 Å². The van der Waals surface area contributed by atoms with Crippen LogP contribution in [0.2, 0.25) is 0 Å². The fourth-order valence-corrected chi connectivity index (χ4v) is 6.42. The predicted molar refractivity (Wildman–Crippen MR) is 79.3 cm³/mol. The number of benzene rings is 1. The largest absolute Gasteiger partial charge is 0.389 e. The van der Waals surface area contributed by atoms with E-state index in [2.05, 4.69) is 0 Å². The monoisotopic (exact) mass is 323 g/mol. The van der Waals surface area contributed by atoms with Crippen LogP contribution in [0.3, 0.4) is 0 Å². The van der Waals surface area contributed by atoms with Crippen LogP contribution in [0, 0.1) is 17.1 Å². The zero-order chi connectivity index (χ0) is 16.0. The molecule has 0 saturated carbocycles. The Morgan fingerprint density at radius 3 is 2.50 bits per heavy atom. The summed E-state index contributed by atoms with van der Waals surface area (Å²) in [6, 6.07) is 6.04. The molecule has 118 valence electrons. The molecule has 2 saturated heterocycles. The Labute approximate surface area is 129 Å². The van der Waals surface area contributed by atoms with Crippen LogP contribution in [0.15, 0.2) is 18.2 Å². The smallest absolute Gasteiger partial charge is 0.156 e. The molecule has 6 heteroatoms. The maximum absolute atomic E-state index is 14.0. The lowest BCUT2D eigenvalue weighted by atomic mass is 9.81. The van der Waals surface area contributed by atoms with E-state index in [-0.39, 0.29) is 24.8 Å². The second kappa shape index (κ2) is 5.32. The maximum atomic E-state index is 14.0. The van der Waals surface area contributed by atoms with E-state index in [9.17, 15) is 17.9 Å². The molecule has 22 heavy (non-hydrogen) atoms. The second-order valence-electron chi connectivity index (χ2n) is 6.49. The maximum Gasteiger partial charge on any atom is 0.156 e. The third-order valence-electron chi connectivity index (χ3n) is 4.90. The highest BCUT2D eigenvalue weighted by molar-refractivity contribution is 7.92. The van der Waals surface area contributed by atoms with Gasteiger partial charge >= 0.3 is 0 Å². The number of nitriles is 1. The van der Waals surface area contributed by atoms with Crippen molar-refractivity contribution in [1.29, 1.82) is 5.26 Å². The third-order valence-corrected chi connectivity index (χ3v) is 7.56. The number of hydrogen-bond acceptors (Lipinski definition) is 4. The lowest BCUT2D eigenvalue weighted by Crippen LogP contribution is -2.52. The van der Waals surface area contributed by atoms with Gasteiger partial charge in [0.2, 0.25) is 0 Å². The molecule has 2 fully saturated rings. The minimum atomic E-state index is -3.15. The minimum absolute atomic E-state index is 0.0903. The van der Waals surface area contributed by atoms with Gasteiger partial charge in [-0.3, -0.25) is 0 Å². The number of aliphatic hydroxyl groups is 1. The Hall–Kier alpha value is -1.45. The van der Waals surface area contributed by atoms with Gasteiger partial charge in [-0.2, -0.15) is 5.26 Å². The van der Waals surface area contributed by atoms with E-state index in [0.29, 0.717) is 18.4 Å². The van der Waals surface area contributed by atoms with Crippen LogP contribution in [-0.4, -0.2) is 29.6 Å². The summed E-state index contributed by atoms with van der Waals surface area (Å²) < 4.78 is 38.6. The number of halogens is 1. The quantitative estimate of drug-likeness (QED) is 0.904. The van der Waals surface area contributed by atoms with E-state index in [0.717, 1.165) is 12.5 Å². The van der Waals surface area contributed by atoms with E-state index in [1.54, 1.807) is 0 Å². The first-order valence-electron chi connectivity index (χ1n) is 7.48. The highest BCUT2D eigenvalue weighted by Crippen LogP contribution is 2.42. The zero-order valence-corrected chi connectivity index (χ0v) is 12.9. The third kappa shape index (κ3) is 2.64. The molecular weight excluding hydrogens is 305 g/mol. The van der Waals surface area contributed by atoms with E-state index in [1.165, 1.54) is 12.1 Å². The van der Waals surface area contributed by atoms with E-state index >= 15 is 0 Å². The molecule has 4 nitrogen and oxygen atoms in total. The van der Waals surface area contributed by atoms with Gasteiger partial charge in [0.05, 0.1) is 27.7 Å². The standard InChI is InChI=1S/C16H18FNO3S/c17-15-6-11(10-18)4-5-12(15)7-16(19)8-13-2-1-3-14(9-16)22(13,20)21/h4-6,13-14,19H,1-3,7-9H2. The van der Waals surface area contributed by atoms with Gasteiger partial charge in [-0.25, -0.2) is 12.8 Å². The lowest BCUT2D eigenvalue weighted by molar-refractivity contribution is 0.00919. The normalized spacial score (nSPS) is 33.1. The van der Waals surface area contributed by atoms with Crippen LogP contribution in [-0.2, 0) is 16.3 Å². The molecule has 1 N–H and O–H groups in total. The van der Waals surface area contributed by atoms with Crippen molar-refractivity contribution in [3.8, 4) is 6.07 Å². The van der Waals surface area contributed by atoms with Crippen molar-refractivity contribution in [2.24, 2.45) is 0 Å². The van der Waals surface area contributed by atoms with Crippen LogP contribution in [0.1, 0.15) is 43.2 Å². The molecule has 0 aromatic heterocycles. The molecule has 3 rings (SSSR count). The van der Waals surface area contributed by atoms with Crippen LogP contribution in [0.5, 0.6) is 0 Å². The number of nitrogens with zero attached hydrogens (tertiary/aromatic N) is 1. The summed E-state index contributed by atoms with van der Waals surface area (Å²) in [5, 5.41) is 18.6. The Balaban J connectivity index is 1.85. The molecule has 2 aliphatic heterocycles. The van der Waals surface area contributed by atoms with Gasteiger partial charge in [-0.15, -0.1) is 0 Å². The minimum Gasteiger partial charge on any atom is -0.389 e. The van der Waals surface area contributed by atoms with Gasteiger partial charge < -0.3 is 5.11 Å². The Bertz CT molecular complexity index is 718. The van der Waals surface area contributed by atoms with Crippen molar-refractivity contribution < 1.29 is 17.9 Å². The first-order valence-corrected chi connectivity index (χ1v) is 9.09. The molecule has 2 unspecified atom stereocenters. The summed E-state index contributed by atoms with van der Waals surface area (Å²) in [5.74, 6) is -0.522. The van der Waals surface area contributed by atoms with Gasteiger partial charge in [-0.1, -0.05) is 12.5 Å². The van der Waals surface area contributed by atoms with Crippen molar-refractivity contribution in [3.63, 3.8) is 0 Å². The first-order chi connectivity index (χ1) is 10.3. The number of sulfone groups is 1. The first kappa shape index (κ1) is 15.4. The molecule has 2 heterocycles. The Morgan fingerprint density at radius 2 is 1.95 bits per heavy atom. The number of rotatable bonds is 2. The van der Waals surface area contributed by atoms with E-state index in [4.69, 9.17) is 5.26 Å². The number of hydrogen-bond donors (Lipinski definition) is 1. The van der Waals surface area contributed by atoms with Gasteiger partial charge in [0, 0.05) is 6.42 Å². The van der Waals surface area contributed by atoms with Crippen molar-refractivity contribution in [3.05, 3.63) is 35.1 Å². The Morgan fingerprint density at radius 1 is 1.32 bits per heavy atom. The van der Waals surface area contributed by atoms with Crippen molar-refractivity contribution in [2.45, 2.75) is 54.6 Å². The van der Waals surface area contributed by atoms with Crippen LogP contribution < -0.4 is 0 Å². The molecule has 0 amide bonds. The van der Waals surface area contributed by atoms with Crippen molar-refractivity contribution >= 4 is 9.84 Å². The van der Waals surface area contributed by atoms with Crippen LogP contribution >= 0.6 is 0 Å². The SMILES string of the molecule is N#Cc1ccc(CC2(O)CC3CCCC(C2)S3(=O)=O)c(F)c1. The fraction of sp³-hybridized carbons (Fsp3) is 0.562. The summed E-state index contributed by atoms with van der Waals surface area (Å²) in [6.07, 6.45) is 2.47. The molecule has 1 aromatic rings. The average Bonchev–Trinajstić information content (AvgIpc) is 2.43. The summed E-state index contributed by atoms with van der Waals surface area (Å²) in [4.78, 5) is 0. The lowest BCUT2D eigenvalue weighted by Gasteiger charge is -2.44. The van der Waals surface area contributed by atoms with Crippen molar-refractivity contribution in [2.75, 3.05) is 0 Å². The molecule has 0 aliphatic carbocycles. The Kier molecular flexibility index (Phi) is 3.74.